The van der Waals surface area contributed by atoms with Gasteiger partial charge in [0.2, 0.25) is 0 Å². The van der Waals surface area contributed by atoms with Gasteiger partial charge in [0, 0.05) is 18.2 Å². The zero-order valence-electron chi connectivity index (χ0n) is 7.99. The van der Waals surface area contributed by atoms with E-state index in [4.69, 9.17) is 4.74 Å². The molecule has 3 nitrogen and oxygen atoms in total. The molecule has 1 atom stereocenters. The summed E-state index contributed by atoms with van der Waals surface area (Å²) in [4.78, 5) is 5.38. The lowest BCUT2D eigenvalue weighted by molar-refractivity contribution is 0.0596. The van der Waals surface area contributed by atoms with Gasteiger partial charge >= 0.3 is 0 Å². The lowest BCUT2D eigenvalue weighted by Crippen LogP contribution is -2.14. The molecule has 0 spiro atoms. The van der Waals surface area contributed by atoms with Crippen LogP contribution in [0.3, 0.4) is 0 Å². The number of nitrogens with zero attached hydrogens (tertiary/aromatic N) is 1. The molecule has 1 aromatic heterocycles. The van der Waals surface area contributed by atoms with Gasteiger partial charge in [0.25, 0.3) is 0 Å². The molecule has 1 unspecified atom stereocenters. The molecule has 1 rings (SSSR count). The van der Waals surface area contributed by atoms with Gasteiger partial charge in [-0.25, -0.2) is 4.98 Å². The van der Waals surface area contributed by atoms with Crippen LogP contribution in [0.2, 0.25) is 0 Å². The van der Waals surface area contributed by atoms with Crippen molar-refractivity contribution >= 4 is 11.3 Å². The second-order valence-corrected chi connectivity index (χ2v) is 4.31. The van der Waals surface area contributed by atoms with E-state index in [-0.39, 0.29) is 6.10 Å². The first-order valence-corrected chi connectivity index (χ1v) is 5.12. The molecule has 0 fully saturated rings. The third kappa shape index (κ3) is 3.85. The van der Waals surface area contributed by atoms with E-state index in [2.05, 4.69) is 4.98 Å². The van der Waals surface area contributed by atoms with Crippen molar-refractivity contribution in [3.63, 3.8) is 0 Å². The molecule has 1 heterocycles. The van der Waals surface area contributed by atoms with Crippen LogP contribution in [-0.2, 0) is 11.2 Å². The van der Waals surface area contributed by atoms with Crippen molar-refractivity contribution in [2.45, 2.75) is 25.9 Å². The number of aliphatic hydroxyl groups excluding tert-OH is 1. The predicted molar refractivity (Wildman–Crippen MR) is 53.1 cm³/mol. The van der Waals surface area contributed by atoms with Crippen LogP contribution in [0.1, 0.15) is 16.3 Å². The Morgan fingerprint density at radius 1 is 1.69 bits per heavy atom. The monoisotopic (exact) mass is 201 g/mol. The van der Waals surface area contributed by atoms with Crippen molar-refractivity contribution in [3.05, 3.63) is 16.1 Å². The van der Waals surface area contributed by atoms with Crippen LogP contribution in [0.25, 0.3) is 0 Å². The summed E-state index contributed by atoms with van der Waals surface area (Å²) in [6.07, 6.45) is 3.15. The molecule has 0 aromatic carbocycles. The molecule has 0 saturated heterocycles. The van der Waals surface area contributed by atoms with E-state index in [9.17, 15) is 5.11 Å². The Kier molecular flexibility index (Phi) is 4.35. The van der Waals surface area contributed by atoms with Crippen molar-refractivity contribution in [2.24, 2.45) is 0 Å². The molecule has 1 aromatic rings. The lowest BCUT2D eigenvalue weighted by atomic mass is 10.2. The number of hydrogen-bond donors (Lipinski definition) is 1. The largest absolute Gasteiger partial charge is 0.391 e. The second kappa shape index (κ2) is 5.32. The summed E-state index contributed by atoms with van der Waals surface area (Å²) >= 11 is 1.68. The quantitative estimate of drug-likeness (QED) is 0.783. The summed E-state index contributed by atoms with van der Waals surface area (Å²) in [5.41, 5.74) is 0. The van der Waals surface area contributed by atoms with Gasteiger partial charge in [0.1, 0.15) is 0 Å². The summed E-state index contributed by atoms with van der Waals surface area (Å²) in [6, 6.07) is 0. The average molecular weight is 201 g/mol. The molecule has 74 valence electrons. The van der Waals surface area contributed by atoms with E-state index in [0.29, 0.717) is 6.61 Å². The Morgan fingerprint density at radius 2 is 2.46 bits per heavy atom. The molecule has 4 heteroatoms. The number of aromatic nitrogens is 1. The topological polar surface area (TPSA) is 42.4 Å². The molecule has 0 amide bonds. The molecule has 0 bridgehead atoms. The smallest absolute Gasteiger partial charge is 0.0896 e. The molecule has 1 N–H and O–H groups in total. The van der Waals surface area contributed by atoms with Gasteiger partial charge in [-0.1, -0.05) is 0 Å². The van der Waals surface area contributed by atoms with Crippen molar-refractivity contribution in [2.75, 3.05) is 13.7 Å². The van der Waals surface area contributed by atoms with Crippen molar-refractivity contribution in [1.82, 2.24) is 4.98 Å². The Balaban J connectivity index is 2.26. The van der Waals surface area contributed by atoms with E-state index in [0.717, 1.165) is 17.8 Å². The minimum absolute atomic E-state index is 0.354. The highest BCUT2D eigenvalue weighted by Crippen LogP contribution is 2.14. The van der Waals surface area contributed by atoms with Crippen LogP contribution in [0.15, 0.2) is 6.20 Å². The number of thiazole rings is 1. The standard InChI is InChI=1S/C9H15NO2S/c1-7-10-5-9(13-7)4-3-8(11)6-12-2/h5,8,11H,3-4,6H2,1-2H3. The van der Waals surface area contributed by atoms with Crippen LogP contribution in [0.5, 0.6) is 0 Å². The van der Waals surface area contributed by atoms with E-state index in [1.807, 2.05) is 13.1 Å². The zero-order valence-corrected chi connectivity index (χ0v) is 8.80. The number of aryl methyl sites for hydroxylation is 2. The fourth-order valence-electron chi connectivity index (χ4n) is 1.11. The Labute approximate surface area is 82.4 Å². The van der Waals surface area contributed by atoms with Crippen LogP contribution < -0.4 is 0 Å². The number of rotatable bonds is 5. The van der Waals surface area contributed by atoms with E-state index >= 15 is 0 Å². The fourth-order valence-corrected chi connectivity index (χ4v) is 1.92. The highest BCUT2D eigenvalue weighted by molar-refractivity contribution is 7.11. The Morgan fingerprint density at radius 3 is 3.00 bits per heavy atom. The molecule has 13 heavy (non-hydrogen) atoms. The van der Waals surface area contributed by atoms with Crippen molar-refractivity contribution in [3.8, 4) is 0 Å². The SMILES string of the molecule is COCC(O)CCc1cnc(C)s1. The van der Waals surface area contributed by atoms with Gasteiger partial charge < -0.3 is 9.84 Å². The first kappa shape index (κ1) is 10.6. The number of hydrogen-bond acceptors (Lipinski definition) is 4. The highest BCUT2D eigenvalue weighted by atomic mass is 32.1. The third-order valence-corrected chi connectivity index (χ3v) is 2.72. The van der Waals surface area contributed by atoms with Crippen molar-refractivity contribution in [1.29, 1.82) is 0 Å². The molecular formula is C9H15NO2S. The minimum Gasteiger partial charge on any atom is -0.391 e. The minimum atomic E-state index is -0.354. The molecule has 0 aliphatic heterocycles. The summed E-state index contributed by atoms with van der Waals surface area (Å²) in [7, 11) is 1.60. The molecule has 0 radical (unpaired) electrons. The van der Waals surface area contributed by atoms with Gasteiger partial charge in [0.15, 0.2) is 0 Å². The fraction of sp³-hybridized carbons (Fsp3) is 0.667. The van der Waals surface area contributed by atoms with E-state index in [1.165, 1.54) is 4.88 Å². The van der Waals surface area contributed by atoms with E-state index < -0.39 is 0 Å². The van der Waals surface area contributed by atoms with Gasteiger partial charge in [0.05, 0.1) is 17.7 Å². The molecule has 0 saturated carbocycles. The number of methoxy groups -OCH3 is 1. The molecule has 0 aliphatic carbocycles. The van der Waals surface area contributed by atoms with Gasteiger partial charge in [-0.2, -0.15) is 0 Å². The molecule has 0 aliphatic rings. The average Bonchev–Trinajstić information content (AvgIpc) is 2.49. The van der Waals surface area contributed by atoms with E-state index in [1.54, 1.807) is 18.4 Å². The van der Waals surface area contributed by atoms with Crippen LogP contribution in [-0.4, -0.2) is 29.9 Å². The normalized spacial score (nSPS) is 13.2. The Bertz CT molecular complexity index is 250. The lowest BCUT2D eigenvalue weighted by Gasteiger charge is -2.06. The van der Waals surface area contributed by atoms with Gasteiger partial charge in [-0.15, -0.1) is 11.3 Å². The zero-order chi connectivity index (χ0) is 9.68. The van der Waals surface area contributed by atoms with Gasteiger partial charge in [-0.3, -0.25) is 0 Å². The maximum absolute atomic E-state index is 9.38. The summed E-state index contributed by atoms with van der Waals surface area (Å²) in [5.74, 6) is 0. The Hall–Kier alpha value is -0.450. The van der Waals surface area contributed by atoms with Crippen LogP contribution in [0.4, 0.5) is 0 Å². The molecular weight excluding hydrogens is 186 g/mol. The van der Waals surface area contributed by atoms with Crippen molar-refractivity contribution < 1.29 is 9.84 Å². The first-order valence-electron chi connectivity index (χ1n) is 4.30. The number of aliphatic hydroxyl groups is 1. The summed E-state index contributed by atoms with van der Waals surface area (Å²) in [5, 5.41) is 10.5. The highest BCUT2D eigenvalue weighted by Gasteiger charge is 2.05. The maximum Gasteiger partial charge on any atom is 0.0896 e. The third-order valence-electron chi connectivity index (χ3n) is 1.75. The summed E-state index contributed by atoms with van der Waals surface area (Å²) < 4.78 is 4.84. The predicted octanol–water partition coefficient (Wildman–Crippen LogP) is 1.39. The number of ether oxygens (including phenoxy) is 1. The first-order chi connectivity index (χ1) is 6.22. The van der Waals surface area contributed by atoms with Crippen LogP contribution >= 0.6 is 11.3 Å². The van der Waals surface area contributed by atoms with Crippen LogP contribution in [0, 0.1) is 6.92 Å². The van der Waals surface area contributed by atoms with Gasteiger partial charge in [-0.05, 0) is 19.8 Å². The maximum atomic E-state index is 9.38. The summed E-state index contributed by atoms with van der Waals surface area (Å²) in [6.45, 7) is 2.40. The second-order valence-electron chi connectivity index (χ2n) is 2.99.